The number of rotatable bonds is 7. The lowest BCUT2D eigenvalue weighted by Crippen LogP contribution is -2.65. The summed E-state index contributed by atoms with van der Waals surface area (Å²) in [4.78, 5) is 12.0. The van der Waals surface area contributed by atoms with Gasteiger partial charge in [-0.15, -0.1) is 0 Å². The van der Waals surface area contributed by atoms with E-state index in [2.05, 4.69) is 45.0 Å². The number of amides is 1. The molecule has 28 heavy (non-hydrogen) atoms. The maximum absolute atomic E-state index is 12.0. The number of carbonyl (C=O) groups excluding carboxylic acids is 1. The molecule has 4 fully saturated rings. The van der Waals surface area contributed by atoms with Gasteiger partial charge in [0.05, 0.1) is 11.7 Å². The molecule has 1 unspecified atom stereocenters. The number of hydrogen-bond donors (Lipinski definition) is 1. The van der Waals surface area contributed by atoms with Crippen LogP contribution >= 0.6 is 0 Å². The summed E-state index contributed by atoms with van der Waals surface area (Å²) in [5.74, 6) is 0.740. The third-order valence-electron chi connectivity index (χ3n) is 8.26. The SMILES string of the molecule is CC(C(N)=O)[C@@H](CCCc1ccccc1)B1O[C@@H]2C[C@@H]3C[C@@H](C3(C)C)[C@]2(C)O1. The molecular formula is C23H34BNO3. The maximum Gasteiger partial charge on any atom is 0.461 e. The molecule has 3 saturated carbocycles. The van der Waals surface area contributed by atoms with Crippen LogP contribution in [0.25, 0.3) is 0 Å². The molecule has 1 amide bonds. The van der Waals surface area contributed by atoms with E-state index in [1.165, 1.54) is 12.0 Å². The van der Waals surface area contributed by atoms with Crippen LogP contribution in [0.3, 0.4) is 0 Å². The van der Waals surface area contributed by atoms with Crippen molar-refractivity contribution in [1.29, 1.82) is 0 Å². The molecule has 3 aliphatic carbocycles. The Morgan fingerprint density at radius 2 is 1.96 bits per heavy atom. The summed E-state index contributed by atoms with van der Waals surface area (Å²) in [6, 6.07) is 10.5. The van der Waals surface area contributed by atoms with E-state index >= 15 is 0 Å². The van der Waals surface area contributed by atoms with Gasteiger partial charge in [-0.05, 0) is 55.4 Å². The normalized spacial score (nSPS) is 35.0. The number of aryl methyl sites for hydroxylation is 1. The van der Waals surface area contributed by atoms with Crippen LogP contribution in [0, 0.1) is 23.2 Å². The molecule has 5 rings (SSSR count). The predicted molar refractivity (Wildman–Crippen MR) is 112 cm³/mol. The average molecular weight is 383 g/mol. The molecular weight excluding hydrogens is 349 g/mol. The fourth-order valence-electron chi connectivity index (χ4n) is 6.10. The van der Waals surface area contributed by atoms with Crippen LogP contribution in [0.1, 0.15) is 58.9 Å². The summed E-state index contributed by atoms with van der Waals surface area (Å²) in [6.07, 6.45) is 5.32. The Kier molecular flexibility index (Phi) is 5.12. The van der Waals surface area contributed by atoms with E-state index in [1.54, 1.807) is 0 Å². The second kappa shape index (κ2) is 7.18. The van der Waals surface area contributed by atoms with Gasteiger partial charge in [-0.3, -0.25) is 4.79 Å². The van der Waals surface area contributed by atoms with Crippen molar-refractivity contribution < 1.29 is 14.1 Å². The number of hydrogen-bond acceptors (Lipinski definition) is 3. The molecule has 0 radical (unpaired) electrons. The molecule has 1 heterocycles. The van der Waals surface area contributed by atoms with E-state index < -0.39 is 0 Å². The summed E-state index contributed by atoms with van der Waals surface area (Å²) < 4.78 is 13.1. The van der Waals surface area contributed by atoms with Gasteiger partial charge in [0.25, 0.3) is 0 Å². The first kappa shape index (κ1) is 20.0. The quantitative estimate of drug-likeness (QED) is 0.717. The Hall–Kier alpha value is -1.33. The van der Waals surface area contributed by atoms with Crippen LogP contribution in [0.15, 0.2) is 30.3 Å². The van der Waals surface area contributed by atoms with Gasteiger partial charge in [-0.25, -0.2) is 0 Å². The smallest absolute Gasteiger partial charge is 0.405 e. The molecule has 1 aromatic carbocycles. The topological polar surface area (TPSA) is 61.6 Å². The van der Waals surface area contributed by atoms with Crippen molar-refractivity contribution in [3.63, 3.8) is 0 Å². The van der Waals surface area contributed by atoms with Crippen LogP contribution < -0.4 is 5.73 Å². The summed E-state index contributed by atoms with van der Waals surface area (Å²) in [5, 5.41) is 0. The molecule has 152 valence electrons. The lowest BCUT2D eigenvalue weighted by molar-refractivity contribution is -0.199. The number of benzene rings is 1. The minimum atomic E-state index is -0.330. The van der Waals surface area contributed by atoms with Crippen molar-refractivity contribution in [3.8, 4) is 0 Å². The summed E-state index contributed by atoms with van der Waals surface area (Å²) in [6.45, 7) is 8.90. The molecule has 6 atom stereocenters. The minimum Gasteiger partial charge on any atom is -0.405 e. The van der Waals surface area contributed by atoms with Gasteiger partial charge >= 0.3 is 7.12 Å². The van der Waals surface area contributed by atoms with Crippen LogP contribution in [-0.4, -0.2) is 24.7 Å². The average Bonchev–Trinajstić information content (AvgIpc) is 3.02. The highest BCUT2D eigenvalue weighted by atomic mass is 16.7. The van der Waals surface area contributed by atoms with Crippen molar-refractivity contribution in [2.75, 3.05) is 0 Å². The Morgan fingerprint density at radius 1 is 1.25 bits per heavy atom. The number of primary amides is 1. The highest BCUT2D eigenvalue weighted by Gasteiger charge is 2.68. The molecule has 1 saturated heterocycles. The van der Waals surface area contributed by atoms with Crippen molar-refractivity contribution >= 4 is 13.0 Å². The fraction of sp³-hybridized carbons (Fsp3) is 0.696. The van der Waals surface area contributed by atoms with Crippen molar-refractivity contribution in [2.24, 2.45) is 28.9 Å². The van der Waals surface area contributed by atoms with E-state index in [9.17, 15) is 4.79 Å². The molecule has 2 bridgehead atoms. The lowest BCUT2D eigenvalue weighted by Gasteiger charge is -2.64. The molecule has 4 nitrogen and oxygen atoms in total. The zero-order valence-electron chi connectivity index (χ0n) is 17.7. The largest absolute Gasteiger partial charge is 0.461 e. The first-order valence-corrected chi connectivity index (χ1v) is 10.9. The summed E-state index contributed by atoms with van der Waals surface area (Å²) in [7, 11) is -0.330. The third-order valence-corrected chi connectivity index (χ3v) is 8.26. The Bertz CT molecular complexity index is 724. The Morgan fingerprint density at radius 3 is 2.61 bits per heavy atom. The van der Waals surface area contributed by atoms with Gasteiger partial charge in [0, 0.05) is 11.7 Å². The Balaban J connectivity index is 1.46. The van der Waals surface area contributed by atoms with Gasteiger partial charge in [0.15, 0.2) is 0 Å². The first-order valence-electron chi connectivity index (χ1n) is 10.9. The molecule has 4 aliphatic rings. The van der Waals surface area contributed by atoms with Gasteiger partial charge in [0.1, 0.15) is 0 Å². The second-order valence-electron chi connectivity index (χ2n) is 10.1. The Labute approximate surface area is 169 Å². The highest BCUT2D eigenvalue weighted by molar-refractivity contribution is 6.48. The number of nitrogens with two attached hydrogens (primary N) is 1. The van der Waals surface area contributed by atoms with Crippen molar-refractivity contribution in [3.05, 3.63) is 35.9 Å². The van der Waals surface area contributed by atoms with E-state index in [4.69, 9.17) is 15.0 Å². The van der Waals surface area contributed by atoms with Crippen LogP contribution in [0.4, 0.5) is 0 Å². The van der Waals surface area contributed by atoms with Crippen molar-refractivity contribution in [1.82, 2.24) is 0 Å². The number of carbonyl (C=O) groups is 1. The molecule has 1 aromatic rings. The lowest BCUT2D eigenvalue weighted by atomic mass is 9.43. The molecule has 1 aliphatic heterocycles. The van der Waals surface area contributed by atoms with Gasteiger partial charge in [-0.2, -0.15) is 0 Å². The minimum absolute atomic E-state index is 0.00366. The predicted octanol–water partition coefficient (Wildman–Crippen LogP) is 4.23. The fourth-order valence-corrected chi connectivity index (χ4v) is 6.10. The molecule has 0 spiro atoms. The maximum atomic E-state index is 12.0. The van der Waals surface area contributed by atoms with Gasteiger partial charge in [-0.1, -0.05) is 57.5 Å². The zero-order chi connectivity index (χ0) is 20.1. The van der Waals surface area contributed by atoms with E-state index in [0.717, 1.165) is 31.6 Å². The first-order chi connectivity index (χ1) is 13.2. The van der Waals surface area contributed by atoms with E-state index in [0.29, 0.717) is 11.3 Å². The summed E-state index contributed by atoms with van der Waals surface area (Å²) >= 11 is 0. The van der Waals surface area contributed by atoms with E-state index in [1.807, 2.05) is 13.0 Å². The van der Waals surface area contributed by atoms with Crippen LogP contribution in [0.5, 0.6) is 0 Å². The molecule has 5 heteroatoms. The van der Waals surface area contributed by atoms with Gasteiger partial charge < -0.3 is 15.0 Å². The second-order valence-corrected chi connectivity index (χ2v) is 10.1. The van der Waals surface area contributed by atoms with Crippen LogP contribution in [-0.2, 0) is 20.5 Å². The standard InChI is InChI=1S/C23H34BNO3/c1-15(21(25)26)18(12-8-11-16-9-6-5-7-10-16)24-27-20-14-17-13-19(22(17,2)3)23(20,4)28-24/h5-7,9-10,15,17-20H,8,11-14H2,1-4H3,(H2,25,26)/t15?,17-,18+,19-,20+,23-/m0/s1. The zero-order valence-corrected chi connectivity index (χ0v) is 17.7. The summed E-state index contributed by atoms with van der Waals surface area (Å²) in [5.41, 5.74) is 7.10. The van der Waals surface area contributed by atoms with Gasteiger partial charge in [0.2, 0.25) is 5.91 Å². The third kappa shape index (κ3) is 3.21. The monoisotopic (exact) mass is 383 g/mol. The highest BCUT2D eigenvalue weighted by Crippen LogP contribution is 2.66. The van der Waals surface area contributed by atoms with Crippen LogP contribution in [0.2, 0.25) is 5.82 Å². The molecule has 2 N–H and O–H groups in total. The van der Waals surface area contributed by atoms with E-state index in [-0.39, 0.29) is 36.5 Å². The van der Waals surface area contributed by atoms with Crippen molar-refractivity contribution in [2.45, 2.75) is 77.3 Å². The molecule has 0 aromatic heterocycles.